The zero-order valence-electron chi connectivity index (χ0n) is 12.5. The van der Waals surface area contributed by atoms with E-state index in [1.807, 2.05) is 13.0 Å². The van der Waals surface area contributed by atoms with Gasteiger partial charge in [0, 0.05) is 6.61 Å². The standard InChI is InChI=1S/C17H30O/c1-5-8-13-17(7-3)15-18-14-11-9-10-12-16(4)6-2/h6,9-10,12,17H,2,5,7-8,11,13-15H2,1,3-4H3/b10-9-,16-12-. The molecule has 1 atom stereocenters. The van der Waals surface area contributed by atoms with Gasteiger partial charge in [-0.05, 0) is 25.7 Å². The minimum Gasteiger partial charge on any atom is -0.381 e. The second-order valence-corrected chi connectivity index (χ2v) is 4.82. The predicted octanol–water partition coefficient (Wildman–Crippen LogP) is 5.30. The summed E-state index contributed by atoms with van der Waals surface area (Å²) in [5.74, 6) is 0.747. The first kappa shape index (κ1) is 17.2. The molecular weight excluding hydrogens is 220 g/mol. The van der Waals surface area contributed by atoms with Crippen LogP contribution in [0.15, 0.2) is 36.5 Å². The van der Waals surface area contributed by atoms with Crippen LogP contribution in [0.4, 0.5) is 0 Å². The van der Waals surface area contributed by atoms with Crippen molar-refractivity contribution in [3.05, 3.63) is 36.5 Å². The predicted molar refractivity (Wildman–Crippen MR) is 81.8 cm³/mol. The summed E-state index contributed by atoms with van der Waals surface area (Å²) in [5, 5.41) is 0. The van der Waals surface area contributed by atoms with Gasteiger partial charge in [0.25, 0.3) is 0 Å². The Kier molecular flexibility index (Phi) is 12.1. The van der Waals surface area contributed by atoms with Gasteiger partial charge in [-0.3, -0.25) is 0 Å². The van der Waals surface area contributed by atoms with Gasteiger partial charge in [-0.2, -0.15) is 0 Å². The highest BCUT2D eigenvalue weighted by Gasteiger charge is 2.04. The summed E-state index contributed by atoms with van der Waals surface area (Å²) < 4.78 is 5.73. The average molecular weight is 250 g/mol. The third kappa shape index (κ3) is 10.3. The number of hydrogen-bond acceptors (Lipinski definition) is 1. The molecule has 0 aromatic rings. The lowest BCUT2D eigenvalue weighted by molar-refractivity contribution is 0.0975. The van der Waals surface area contributed by atoms with Gasteiger partial charge < -0.3 is 4.74 Å². The van der Waals surface area contributed by atoms with Crippen LogP contribution in [-0.2, 0) is 4.74 Å². The van der Waals surface area contributed by atoms with Gasteiger partial charge in [0.15, 0.2) is 0 Å². The van der Waals surface area contributed by atoms with Crippen LogP contribution in [0, 0.1) is 5.92 Å². The molecule has 1 nitrogen and oxygen atoms in total. The van der Waals surface area contributed by atoms with Gasteiger partial charge in [-0.1, -0.05) is 69.6 Å². The van der Waals surface area contributed by atoms with E-state index in [1.54, 1.807) is 0 Å². The van der Waals surface area contributed by atoms with Crippen molar-refractivity contribution in [1.29, 1.82) is 0 Å². The molecule has 0 aromatic carbocycles. The van der Waals surface area contributed by atoms with Crippen molar-refractivity contribution in [2.75, 3.05) is 13.2 Å². The summed E-state index contributed by atoms with van der Waals surface area (Å²) in [7, 11) is 0. The average Bonchev–Trinajstić information content (AvgIpc) is 2.40. The lowest BCUT2D eigenvalue weighted by atomic mass is 10.0. The lowest BCUT2D eigenvalue weighted by Gasteiger charge is -2.14. The summed E-state index contributed by atoms with van der Waals surface area (Å²) >= 11 is 0. The normalized spacial score (nSPS) is 14.1. The van der Waals surface area contributed by atoms with Crippen LogP contribution < -0.4 is 0 Å². The monoisotopic (exact) mass is 250 g/mol. The molecule has 1 unspecified atom stereocenters. The van der Waals surface area contributed by atoms with Crippen molar-refractivity contribution < 1.29 is 4.74 Å². The van der Waals surface area contributed by atoms with Crippen LogP contribution in [0.3, 0.4) is 0 Å². The maximum Gasteiger partial charge on any atom is 0.0500 e. The van der Waals surface area contributed by atoms with E-state index in [0.717, 1.165) is 25.6 Å². The van der Waals surface area contributed by atoms with Crippen LogP contribution in [-0.4, -0.2) is 13.2 Å². The molecule has 0 heterocycles. The van der Waals surface area contributed by atoms with E-state index >= 15 is 0 Å². The molecule has 0 aromatic heterocycles. The molecule has 0 aliphatic rings. The number of ether oxygens (including phenoxy) is 1. The molecule has 0 radical (unpaired) electrons. The summed E-state index contributed by atoms with van der Waals surface area (Å²) in [4.78, 5) is 0. The molecule has 0 fully saturated rings. The van der Waals surface area contributed by atoms with Crippen LogP contribution in [0.5, 0.6) is 0 Å². The Morgan fingerprint density at radius 3 is 2.72 bits per heavy atom. The van der Waals surface area contributed by atoms with Crippen LogP contribution >= 0.6 is 0 Å². The molecule has 0 spiro atoms. The Morgan fingerprint density at radius 1 is 1.33 bits per heavy atom. The topological polar surface area (TPSA) is 9.23 Å². The van der Waals surface area contributed by atoms with Crippen LogP contribution in [0.1, 0.15) is 52.9 Å². The zero-order chi connectivity index (χ0) is 13.6. The minimum absolute atomic E-state index is 0.747. The second-order valence-electron chi connectivity index (χ2n) is 4.82. The third-order valence-corrected chi connectivity index (χ3v) is 3.14. The molecule has 18 heavy (non-hydrogen) atoms. The molecular formula is C17H30O. The fourth-order valence-electron chi connectivity index (χ4n) is 1.68. The molecule has 0 amide bonds. The van der Waals surface area contributed by atoms with Crippen LogP contribution in [0.25, 0.3) is 0 Å². The van der Waals surface area contributed by atoms with Crippen molar-refractivity contribution in [3.63, 3.8) is 0 Å². The number of allylic oxidation sites excluding steroid dienone is 4. The molecule has 0 saturated carbocycles. The first-order chi connectivity index (χ1) is 8.74. The van der Waals surface area contributed by atoms with Crippen molar-refractivity contribution in [3.8, 4) is 0 Å². The molecule has 1 heteroatoms. The molecule has 0 saturated heterocycles. The Hall–Kier alpha value is -0.820. The molecule has 104 valence electrons. The van der Waals surface area contributed by atoms with Crippen molar-refractivity contribution >= 4 is 0 Å². The van der Waals surface area contributed by atoms with Gasteiger partial charge >= 0.3 is 0 Å². The van der Waals surface area contributed by atoms with Gasteiger partial charge in [0.2, 0.25) is 0 Å². The zero-order valence-corrected chi connectivity index (χ0v) is 12.5. The van der Waals surface area contributed by atoms with E-state index in [-0.39, 0.29) is 0 Å². The Bertz CT molecular complexity index is 250. The molecule has 0 rings (SSSR count). The summed E-state index contributed by atoms with van der Waals surface area (Å²) in [6.45, 7) is 12.0. The Morgan fingerprint density at radius 2 is 2.11 bits per heavy atom. The van der Waals surface area contributed by atoms with Crippen molar-refractivity contribution in [2.45, 2.75) is 52.9 Å². The fraction of sp³-hybridized carbons (Fsp3) is 0.647. The smallest absolute Gasteiger partial charge is 0.0500 e. The highest BCUT2D eigenvalue weighted by molar-refractivity contribution is 5.19. The summed E-state index contributed by atoms with van der Waals surface area (Å²) in [6, 6.07) is 0. The third-order valence-electron chi connectivity index (χ3n) is 3.14. The molecule has 0 N–H and O–H groups in total. The van der Waals surface area contributed by atoms with E-state index in [9.17, 15) is 0 Å². The van der Waals surface area contributed by atoms with Gasteiger partial charge in [0.1, 0.15) is 0 Å². The van der Waals surface area contributed by atoms with Crippen molar-refractivity contribution in [2.24, 2.45) is 5.92 Å². The molecule has 0 bridgehead atoms. The van der Waals surface area contributed by atoms with E-state index in [1.165, 1.54) is 31.3 Å². The number of rotatable bonds is 11. The maximum atomic E-state index is 5.73. The minimum atomic E-state index is 0.747. The van der Waals surface area contributed by atoms with E-state index in [4.69, 9.17) is 4.74 Å². The van der Waals surface area contributed by atoms with Crippen molar-refractivity contribution in [1.82, 2.24) is 0 Å². The first-order valence-corrected chi connectivity index (χ1v) is 7.28. The Labute approximate surface area is 114 Å². The van der Waals surface area contributed by atoms with Gasteiger partial charge in [0.05, 0.1) is 6.61 Å². The number of unbranched alkanes of at least 4 members (excludes halogenated alkanes) is 1. The second kappa shape index (κ2) is 12.6. The highest BCUT2D eigenvalue weighted by atomic mass is 16.5. The SMILES string of the molecule is C=C/C(C)=C\C=C/CCOCC(CC)CCCC. The maximum absolute atomic E-state index is 5.73. The number of hydrogen-bond donors (Lipinski definition) is 0. The largest absolute Gasteiger partial charge is 0.381 e. The fourth-order valence-corrected chi connectivity index (χ4v) is 1.68. The quantitative estimate of drug-likeness (QED) is 0.357. The molecule has 0 aliphatic heterocycles. The van der Waals surface area contributed by atoms with E-state index in [2.05, 4.69) is 38.7 Å². The lowest BCUT2D eigenvalue weighted by Crippen LogP contribution is -2.09. The van der Waals surface area contributed by atoms with Gasteiger partial charge in [-0.15, -0.1) is 0 Å². The van der Waals surface area contributed by atoms with E-state index < -0.39 is 0 Å². The van der Waals surface area contributed by atoms with E-state index in [0.29, 0.717) is 0 Å². The summed E-state index contributed by atoms with van der Waals surface area (Å²) in [6.07, 6.45) is 14.3. The summed E-state index contributed by atoms with van der Waals surface area (Å²) in [5.41, 5.74) is 1.19. The van der Waals surface area contributed by atoms with Crippen LogP contribution in [0.2, 0.25) is 0 Å². The first-order valence-electron chi connectivity index (χ1n) is 7.28. The molecule has 0 aliphatic carbocycles. The van der Waals surface area contributed by atoms with Gasteiger partial charge in [-0.25, -0.2) is 0 Å². The highest BCUT2D eigenvalue weighted by Crippen LogP contribution is 2.12. The Balaban J connectivity index is 3.56.